The van der Waals surface area contributed by atoms with Crippen LogP contribution in [0.4, 0.5) is 0 Å². The highest BCUT2D eigenvalue weighted by Gasteiger charge is 2.10. The molecule has 0 aliphatic heterocycles. The molecule has 0 aliphatic rings. The van der Waals surface area contributed by atoms with Crippen molar-refractivity contribution >= 4 is 23.1 Å². The van der Waals surface area contributed by atoms with Gasteiger partial charge in [-0.2, -0.15) is 0 Å². The summed E-state index contributed by atoms with van der Waals surface area (Å²) in [6.45, 7) is 1.94. The third-order valence-corrected chi connectivity index (χ3v) is 4.18. The highest BCUT2D eigenvalue weighted by molar-refractivity contribution is 8.00. The van der Waals surface area contributed by atoms with E-state index in [0.29, 0.717) is 17.3 Å². The average Bonchev–Trinajstić information content (AvgIpc) is 3.07. The second-order valence-corrected chi connectivity index (χ2v) is 5.94. The molecule has 7 heteroatoms. The van der Waals surface area contributed by atoms with E-state index in [0.717, 1.165) is 15.0 Å². The Morgan fingerprint density at radius 2 is 2.28 bits per heavy atom. The first kappa shape index (κ1) is 11.5. The number of furan rings is 1. The van der Waals surface area contributed by atoms with E-state index in [4.69, 9.17) is 8.94 Å². The Kier molecular flexibility index (Phi) is 3.16. The molecule has 0 N–H and O–H groups in total. The second kappa shape index (κ2) is 4.95. The van der Waals surface area contributed by atoms with Crippen molar-refractivity contribution in [2.24, 2.45) is 0 Å². The van der Waals surface area contributed by atoms with E-state index in [-0.39, 0.29) is 0 Å². The molecule has 0 saturated carbocycles. The standard InChI is InChI=1S/C11H9N3O2S2/c1-7-12-13-11(18-7)17-6-8-5-10(16-14-8)9-3-2-4-15-9/h2-5H,6H2,1H3. The molecule has 92 valence electrons. The summed E-state index contributed by atoms with van der Waals surface area (Å²) in [7, 11) is 0. The van der Waals surface area contributed by atoms with Crippen LogP contribution in [0.15, 0.2) is 37.7 Å². The fourth-order valence-corrected chi connectivity index (χ4v) is 3.08. The number of aryl methyl sites for hydroxylation is 1. The van der Waals surface area contributed by atoms with E-state index in [9.17, 15) is 0 Å². The fraction of sp³-hybridized carbons (Fsp3) is 0.182. The van der Waals surface area contributed by atoms with Gasteiger partial charge in [0.2, 0.25) is 5.76 Å². The number of nitrogens with zero attached hydrogens (tertiary/aromatic N) is 3. The summed E-state index contributed by atoms with van der Waals surface area (Å²) in [6.07, 6.45) is 1.61. The monoisotopic (exact) mass is 279 g/mol. The van der Waals surface area contributed by atoms with Crippen LogP contribution in [0.2, 0.25) is 0 Å². The lowest BCUT2D eigenvalue weighted by Gasteiger charge is -1.89. The average molecular weight is 279 g/mol. The van der Waals surface area contributed by atoms with Gasteiger partial charge in [0.1, 0.15) is 5.01 Å². The summed E-state index contributed by atoms with van der Waals surface area (Å²) in [5, 5.41) is 13.0. The van der Waals surface area contributed by atoms with Crippen LogP contribution < -0.4 is 0 Å². The molecule has 0 aromatic carbocycles. The molecule has 5 nitrogen and oxygen atoms in total. The number of hydrogen-bond donors (Lipinski definition) is 0. The Hall–Kier alpha value is -1.60. The lowest BCUT2D eigenvalue weighted by Crippen LogP contribution is -1.78. The van der Waals surface area contributed by atoms with Crippen LogP contribution in [0.3, 0.4) is 0 Å². The molecule has 18 heavy (non-hydrogen) atoms. The maximum atomic E-state index is 5.24. The summed E-state index contributed by atoms with van der Waals surface area (Å²) >= 11 is 3.17. The number of rotatable bonds is 4. The molecule has 3 rings (SSSR count). The van der Waals surface area contributed by atoms with Crippen molar-refractivity contribution in [3.8, 4) is 11.5 Å². The second-order valence-electron chi connectivity index (χ2n) is 3.54. The van der Waals surface area contributed by atoms with Crippen molar-refractivity contribution < 1.29 is 8.94 Å². The smallest absolute Gasteiger partial charge is 0.202 e. The topological polar surface area (TPSA) is 65.0 Å². The molecule has 3 aromatic heterocycles. The van der Waals surface area contributed by atoms with E-state index in [1.54, 1.807) is 29.4 Å². The van der Waals surface area contributed by atoms with Gasteiger partial charge in [0.05, 0.1) is 12.0 Å². The van der Waals surface area contributed by atoms with E-state index in [1.165, 1.54) is 0 Å². The van der Waals surface area contributed by atoms with Gasteiger partial charge in [-0.15, -0.1) is 10.2 Å². The van der Waals surface area contributed by atoms with Crippen LogP contribution >= 0.6 is 23.1 Å². The zero-order valence-electron chi connectivity index (χ0n) is 9.49. The summed E-state index contributed by atoms with van der Waals surface area (Å²) in [5.74, 6) is 2.04. The van der Waals surface area contributed by atoms with Gasteiger partial charge in [-0.3, -0.25) is 0 Å². The van der Waals surface area contributed by atoms with E-state index in [2.05, 4.69) is 15.4 Å². The molecule has 0 bridgehead atoms. The predicted octanol–water partition coefficient (Wildman–Crippen LogP) is 3.39. The van der Waals surface area contributed by atoms with Crippen LogP contribution in [0, 0.1) is 6.92 Å². The van der Waals surface area contributed by atoms with Crippen LogP contribution in [-0.4, -0.2) is 15.4 Å². The molecule has 0 atom stereocenters. The first-order valence-electron chi connectivity index (χ1n) is 5.23. The molecule has 0 aliphatic carbocycles. The first-order valence-corrected chi connectivity index (χ1v) is 7.04. The molecule has 0 amide bonds. The summed E-state index contributed by atoms with van der Waals surface area (Å²) in [6, 6.07) is 5.53. The molecular weight excluding hydrogens is 270 g/mol. The van der Waals surface area contributed by atoms with Crippen molar-refractivity contribution in [1.29, 1.82) is 0 Å². The Morgan fingerprint density at radius 3 is 3.00 bits per heavy atom. The molecule has 0 spiro atoms. The highest BCUT2D eigenvalue weighted by Crippen LogP contribution is 2.27. The normalized spacial score (nSPS) is 10.9. The van der Waals surface area contributed by atoms with Gasteiger partial charge >= 0.3 is 0 Å². The molecule has 0 unspecified atom stereocenters. The van der Waals surface area contributed by atoms with Crippen LogP contribution in [0.25, 0.3) is 11.5 Å². The molecule has 0 radical (unpaired) electrons. The first-order chi connectivity index (χ1) is 8.81. The minimum absolute atomic E-state index is 0.643. The Morgan fingerprint density at radius 1 is 1.33 bits per heavy atom. The van der Waals surface area contributed by atoms with Crippen molar-refractivity contribution in [1.82, 2.24) is 15.4 Å². The number of hydrogen-bond acceptors (Lipinski definition) is 7. The Bertz CT molecular complexity index is 630. The zero-order valence-corrected chi connectivity index (χ0v) is 11.1. The minimum atomic E-state index is 0.643. The molecule has 0 fully saturated rings. The van der Waals surface area contributed by atoms with E-state index >= 15 is 0 Å². The van der Waals surface area contributed by atoms with Crippen LogP contribution in [0.1, 0.15) is 10.7 Å². The summed E-state index contributed by atoms with van der Waals surface area (Å²) < 4.78 is 11.4. The SMILES string of the molecule is Cc1nnc(SCc2cc(-c3ccco3)on2)s1. The number of thioether (sulfide) groups is 1. The van der Waals surface area contributed by atoms with Gasteiger partial charge in [0.25, 0.3) is 0 Å². The largest absolute Gasteiger partial charge is 0.461 e. The van der Waals surface area contributed by atoms with Gasteiger partial charge in [-0.25, -0.2) is 0 Å². The van der Waals surface area contributed by atoms with Crippen molar-refractivity contribution in [2.45, 2.75) is 17.0 Å². The van der Waals surface area contributed by atoms with Gasteiger partial charge in [0, 0.05) is 11.8 Å². The molecule has 3 heterocycles. The third kappa shape index (κ3) is 2.46. The lowest BCUT2D eigenvalue weighted by molar-refractivity contribution is 0.413. The van der Waals surface area contributed by atoms with E-state index in [1.807, 2.05) is 25.1 Å². The minimum Gasteiger partial charge on any atom is -0.461 e. The molecule has 0 saturated heterocycles. The van der Waals surface area contributed by atoms with Crippen LogP contribution in [-0.2, 0) is 5.75 Å². The highest BCUT2D eigenvalue weighted by atomic mass is 32.2. The lowest BCUT2D eigenvalue weighted by atomic mass is 10.3. The fourth-order valence-electron chi connectivity index (χ4n) is 1.39. The Labute approximate surface area is 111 Å². The number of aromatic nitrogens is 3. The van der Waals surface area contributed by atoms with Gasteiger partial charge in [-0.05, 0) is 19.1 Å². The van der Waals surface area contributed by atoms with Crippen molar-refractivity contribution in [3.05, 3.63) is 35.2 Å². The van der Waals surface area contributed by atoms with Crippen molar-refractivity contribution in [3.63, 3.8) is 0 Å². The Balaban J connectivity index is 1.67. The zero-order chi connectivity index (χ0) is 12.4. The maximum absolute atomic E-state index is 5.24. The predicted molar refractivity (Wildman–Crippen MR) is 68.4 cm³/mol. The molecular formula is C11H9N3O2S2. The van der Waals surface area contributed by atoms with Crippen molar-refractivity contribution in [2.75, 3.05) is 0 Å². The van der Waals surface area contributed by atoms with Gasteiger partial charge < -0.3 is 8.94 Å². The van der Waals surface area contributed by atoms with E-state index < -0.39 is 0 Å². The van der Waals surface area contributed by atoms with Crippen LogP contribution in [0.5, 0.6) is 0 Å². The third-order valence-electron chi connectivity index (χ3n) is 2.17. The van der Waals surface area contributed by atoms with Gasteiger partial charge in [-0.1, -0.05) is 28.3 Å². The van der Waals surface area contributed by atoms with Gasteiger partial charge in [0.15, 0.2) is 10.1 Å². The quantitative estimate of drug-likeness (QED) is 0.682. The molecule has 3 aromatic rings. The summed E-state index contributed by atoms with van der Waals surface area (Å²) in [4.78, 5) is 0. The summed E-state index contributed by atoms with van der Waals surface area (Å²) in [5.41, 5.74) is 0.860. The maximum Gasteiger partial charge on any atom is 0.202 e.